The summed E-state index contributed by atoms with van der Waals surface area (Å²) in [6.07, 6.45) is 2.11. The Morgan fingerprint density at radius 3 is 2.38 bits per heavy atom. The van der Waals surface area contributed by atoms with Crippen LogP contribution in [-0.2, 0) is 0 Å². The van der Waals surface area contributed by atoms with Crippen molar-refractivity contribution < 1.29 is 4.92 Å². The maximum absolute atomic E-state index is 10.0. The Labute approximate surface area is 75.3 Å². The summed E-state index contributed by atoms with van der Waals surface area (Å²) in [5, 5.41) is 10.0. The van der Waals surface area contributed by atoms with Crippen molar-refractivity contribution in [1.82, 2.24) is 9.97 Å². The number of hydrogen-bond donors (Lipinski definition) is 0. The lowest BCUT2D eigenvalue weighted by Gasteiger charge is -1.96. The van der Waals surface area contributed by atoms with Crippen molar-refractivity contribution in [1.29, 1.82) is 0 Å². The highest BCUT2D eigenvalue weighted by Gasteiger charge is 1.96. The second-order valence-corrected chi connectivity index (χ2v) is 2.61. The quantitative estimate of drug-likeness (QED) is 0.507. The molecule has 68 valence electrons. The molecular formula is C8H9N3O2. The average Bonchev–Trinajstić information content (AvgIpc) is 1.99. The monoisotopic (exact) mass is 179 g/mol. The molecule has 1 heterocycles. The van der Waals surface area contributed by atoms with E-state index in [0.717, 1.165) is 17.6 Å². The molecule has 1 aromatic rings. The zero-order valence-corrected chi connectivity index (χ0v) is 7.39. The van der Waals surface area contributed by atoms with Crippen molar-refractivity contribution in [2.45, 2.75) is 13.8 Å². The Morgan fingerprint density at radius 2 is 1.92 bits per heavy atom. The van der Waals surface area contributed by atoms with Gasteiger partial charge in [-0.1, -0.05) is 0 Å². The van der Waals surface area contributed by atoms with Gasteiger partial charge in [0.25, 0.3) is 0 Å². The zero-order valence-electron chi connectivity index (χ0n) is 7.39. The fourth-order valence-electron chi connectivity index (χ4n) is 0.955. The van der Waals surface area contributed by atoms with Crippen LogP contribution in [0.3, 0.4) is 0 Å². The standard InChI is InChI=1S/C8H9N3O2/c1-6-5-7(2)10-8(9-6)3-4-11(12)13/h3-5H,1-2H3/b4-3+. The van der Waals surface area contributed by atoms with Gasteiger partial charge in [-0.2, -0.15) is 0 Å². The summed E-state index contributed by atoms with van der Waals surface area (Å²) >= 11 is 0. The molecule has 1 rings (SSSR count). The van der Waals surface area contributed by atoms with Crippen molar-refractivity contribution in [3.05, 3.63) is 39.6 Å². The molecule has 0 aliphatic carbocycles. The summed E-state index contributed by atoms with van der Waals surface area (Å²) in [7, 11) is 0. The maximum Gasteiger partial charge on any atom is 0.238 e. The molecule has 0 saturated heterocycles. The van der Waals surface area contributed by atoms with Crippen LogP contribution in [-0.4, -0.2) is 14.9 Å². The minimum Gasteiger partial charge on any atom is -0.259 e. The van der Waals surface area contributed by atoms with Gasteiger partial charge in [0.2, 0.25) is 6.20 Å². The Morgan fingerprint density at radius 1 is 1.38 bits per heavy atom. The predicted molar refractivity (Wildman–Crippen MR) is 47.5 cm³/mol. The highest BCUT2D eigenvalue weighted by atomic mass is 16.6. The number of aromatic nitrogens is 2. The summed E-state index contributed by atoms with van der Waals surface area (Å²) in [6.45, 7) is 3.64. The van der Waals surface area contributed by atoms with Crippen LogP contribution in [0.25, 0.3) is 6.08 Å². The van der Waals surface area contributed by atoms with Gasteiger partial charge in [0.05, 0.1) is 11.0 Å². The molecule has 0 N–H and O–H groups in total. The molecule has 0 spiro atoms. The highest BCUT2D eigenvalue weighted by Crippen LogP contribution is 2.00. The first-order chi connectivity index (χ1) is 6.08. The third kappa shape index (κ3) is 2.98. The smallest absolute Gasteiger partial charge is 0.238 e. The van der Waals surface area contributed by atoms with Gasteiger partial charge in [-0.3, -0.25) is 10.1 Å². The molecule has 5 heteroatoms. The van der Waals surface area contributed by atoms with E-state index < -0.39 is 4.92 Å². The van der Waals surface area contributed by atoms with E-state index in [9.17, 15) is 10.1 Å². The Balaban J connectivity index is 2.95. The molecule has 0 fully saturated rings. The van der Waals surface area contributed by atoms with Gasteiger partial charge in [0, 0.05) is 11.4 Å². The van der Waals surface area contributed by atoms with E-state index >= 15 is 0 Å². The second-order valence-electron chi connectivity index (χ2n) is 2.61. The van der Waals surface area contributed by atoms with Crippen molar-refractivity contribution in [2.24, 2.45) is 0 Å². The van der Waals surface area contributed by atoms with Crippen molar-refractivity contribution in [3.8, 4) is 0 Å². The molecule has 0 amide bonds. The van der Waals surface area contributed by atoms with E-state index in [1.54, 1.807) is 0 Å². The van der Waals surface area contributed by atoms with E-state index in [1.807, 2.05) is 19.9 Å². The molecule has 0 aromatic carbocycles. The fraction of sp³-hybridized carbons (Fsp3) is 0.250. The van der Waals surface area contributed by atoms with Crippen LogP contribution in [0, 0.1) is 24.0 Å². The number of nitro groups is 1. The van der Waals surface area contributed by atoms with Gasteiger partial charge < -0.3 is 0 Å². The van der Waals surface area contributed by atoms with E-state index in [2.05, 4.69) is 9.97 Å². The van der Waals surface area contributed by atoms with Crippen LogP contribution >= 0.6 is 0 Å². The zero-order chi connectivity index (χ0) is 9.84. The summed E-state index contributed by atoms with van der Waals surface area (Å²) in [5.74, 6) is 0.370. The second kappa shape index (κ2) is 3.75. The molecule has 0 saturated carbocycles. The van der Waals surface area contributed by atoms with Crippen LogP contribution in [0.2, 0.25) is 0 Å². The largest absolute Gasteiger partial charge is 0.259 e. The van der Waals surface area contributed by atoms with Crippen LogP contribution in [0.1, 0.15) is 17.2 Å². The van der Waals surface area contributed by atoms with Crippen molar-refractivity contribution in [3.63, 3.8) is 0 Å². The number of rotatable bonds is 2. The Bertz CT molecular complexity index is 340. The first-order valence-corrected chi connectivity index (χ1v) is 3.72. The Hall–Kier alpha value is -1.78. The Kier molecular flexibility index (Phi) is 2.69. The molecule has 0 atom stereocenters. The number of hydrogen-bond acceptors (Lipinski definition) is 4. The molecule has 5 nitrogen and oxygen atoms in total. The van der Waals surface area contributed by atoms with E-state index in [0.29, 0.717) is 5.82 Å². The van der Waals surface area contributed by atoms with Crippen molar-refractivity contribution in [2.75, 3.05) is 0 Å². The lowest BCUT2D eigenvalue weighted by Crippen LogP contribution is -1.94. The van der Waals surface area contributed by atoms with Gasteiger partial charge >= 0.3 is 0 Å². The molecule has 0 aliphatic rings. The molecule has 13 heavy (non-hydrogen) atoms. The van der Waals surface area contributed by atoms with Crippen LogP contribution in [0.15, 0.2) is 12.3 Å². The molecule has 1 aromatic heterocycles. The minimum atomic E-state index is -0.541. The number of aryl methyl sites for hydroxylation is 2. The van der Waals surface area contributed by atoms with Gasteiger partial charge in [-0.15, -0.1) is 0 Å². The van der Waals surface area contributed by atoms with Gasteiger partial charge in [-0.25, -0.2) is 9.97 Å². The summed E-state index contributed by atoms with van der Waals surface area (Å²) in [4.78, 5) is 17.5. The van der Waals surface area contributed by atoms with Crippen LogP contribution < -0.4 is 0 Å². The maximum atomic E-state index is 10.0. The molecular weight excluding hydrogens is 170 g/mol. The van der Waals surface area contributed by atoms with E-state index in [4.69, 9.17) is 0 Å². The normalized spacial score (nSPS) is 10.6. The molecule has 0 unspecified atom stereocenters. The molecule has 0 bridgehead atoms. The topological polar surface area (TPSA) is 68.9 Å². The molecule has 0 aliphatic heterocycles. The minimum absolute atomic E-state index is 0.370. The van der Waals surface area contributed by atoms with E-state index in [-0.39, 0.29) is 0 Å². The third-order valence-electron chi connectivity index (χ3n) is 1.34. The lowest BCUT2D eigenvalue weighted by molar-refractivity contribution is -0.401. The summed E-state index contributed by atoms with van der Waals surface area (Å²) < 4.78 is 0. The average molecular weight is 179 g/mol. The lowest BCUT2D eigenvalue weighted by atomic mass is 10.3. The predicted octanol–water partition coefficient (Wildman–Crippen LogP) is 1.34. The number of nitrogens with zero attached hydrogens (tertiary/aromatic N) is 3. The first-order valence-electron chi connectivity index (χ1n) is 3.72. The van der Waals surface area contributed by atoms with Crippen LogP contribution in [0.5, 0.6) is 0 Å². The first kappa shape index (κ1) is 9.31. The van der Waals surface area contributed by atoms with Gasteiger partial charge in [0.1, 0.15) is 0 Å². The fourth-order valence-corrected chi connectivity index (χ4v) is 0.955. The van der Waals surface area contributed by atoms with Crippen molar-refractivity contribution >= 4 is 6.08 Å². The summed E-state index contributed by atoms with van der Waals surface area (Å²) in [6, 6.07) is 1.81. The molecule has 0 radical (unpaired) electrons. The van der Waals surface area contributed by atoms with Gasteiger partial charge in [-0.05, 0) is 19.9 Å². The third-order valence-corrected chi connectivity index (χ3v) is 1.34. The van der Waals surface area contributed by atoms with E-state index in [1.165, 1.54) is 6.08 Å². The van der Waals surface area contributed by atoms with Crippen LogP contribution in [0.4, 0.5) is 0 Å². The summed E-state index contributed by atoms with van der Waals surface area (Å²) in [5.41, 5.74) is 1.60. The SMILES string of the molecule is Cc1cc(C)nc(/C=C/[N+](=O)[O-])n1. The van der Waals surface area contributed by atoms with Gasteiger partial charge in [0.15, 0.2) is 5.82 Å². The highest BCUT2D eigenvalue weighted by molar-refractivity contribution is 5.38.